The normalized spacial score (nSPS) is 10.1. The van der Waals surface area contributed by atoms with Crippen LogP contribution >= 0.6 is 15.9 Å². The standard InChI is InChI=1S/C11H9BrFN3/c12-8-4-5-9(14-6-8)7-15-11-3-1-2-10(13)16-11/h1-6H,7H2,(H,15,16). The molecule has 5 heteroatoms. The molecule has 0 unspecified atom stereocenters. The van der Waals surface area contributed by atoms with E-state index < -0.39 is 5.95 Å². The highest BCUT2D eigenvalue weighted by atomic mass is 79.9. The Hall–Kier alpha value is -1.49. The highest BCUT2D eigenvalue weighted by Crippen LogP contribution is 2.09. The van der Waals surface area contributed by atoms with Gasteiger partial charge in [-0.2, -0.15) is 4.39 Å². The molecule has 0 aliphatic rings. The second-order valence-electron chi connectivity index (χ2n) is 3.17. The van der Waals surface area contributed by atoms with Crippen molar-refractivity contribution < 1.29 is 4.39 Å². The van der Waals surface area contributed by atoms with Crippen LogP contribution in [-0.2, 0) is 6.54 Å². The van der Waals surface area contributed by atoms with Crippen LogP contribution in [0.5, 0.6) is 0 Å². The van der Waals surface area contributed by atoms with Gasteiger partial charge in [-0.3, -0.25) is 4.98 Å². The van der Waals surface area contributed by atoms with Crippen molar-refractivity contribution in [3.8, 4) is 0 Å². The van der Waals surface area contributed by atoms with Gasteiger partial charge in [0, 0.05) is 10.7 Å². The van der Waals surface area contributed by atoms with Crippen LogP contribution in [0.4, 0.5) is 10.2 Å². The Morgan fingerprint density at radius 3 is 2.81 bits per heavy atom. The summed E-state index contributed by atoms with van der Waals surface area (Å²) in [7, 11) is 0. The summed E-state index contributed by atoms with van der Waals surface area (Å²) < 4.78 is 13.7. The highest BCUT2D eigenvalue weighted by molar-refractivity contribution is 9.10. The number of nitrogens with one attached hydrogen (secondary N) is 1. The van der Waals surface area contributed by atoms with Gasteiger partial charge in [-0.15, -0.1) is 0 Å². The molecule has 0 radical (unpaired) electrons. The number of halogens is 2. The summed E-state index contributed by atoms with van der Waals surface area (Å²) in [5, 5.41) is 2.99. The fraction of sp³-hybridized carbons (Fsp3) is 0.0909. The molecule has 0 saturated heterocycles. The number of hydrogen-bond acceptors (Lipinski definition) is 3. The van der Waals surface area contributed by atoms with E-state index in [1.807, 2.05) is 12.1 Å². The van der Waals surface area contributed by atoms with Crippen molar-refractivity contribution >= 4 is 21.7 Å². The lowest BCUT2D eigenvalue weighted by Gasteiger charge is -2.04. The molecule has 2 aromatic heterocycles. The van der Waals surface area contributed by atoms with Crippen molar-refractivity contribution in [3.05, 3.63) is 52.6 Å². The maximum absolute atomic E-state index is 12.8. The maximum atomic E-state index is 12.8. The van der Waals surface area contributed by atoms with Gasteiger partial charge in [0.25, 0.3) is 0 Å². The van der Waals surface area contributed by atoms with Crippen LogP contribution in [0.3, 0.4) is 0 Å². The predicted octanol–water partition coefficient (Wildman–Crippen LogP) is 2.99. The third-order valence-corrected chi connectivity index (χ3v) is 2.42. The Morgan fingerprint density at radius 2 is 2.12 bits per heavy atom. The molecule has 82 valence electrons. The van der Waals surface area contributed by atoms with E-state index in [0.717, 1.165) is 10.2 Å². The lowest BCUT2D eigenvalue weighted by Crippen LogP contribution is -2.03. The second-order valence-corrected chi connectivity index (χ2v) is 4.08. The smallest absolute Gasteiger partial charge is 0.214 e. The lowest BCUT2D eigenvalue weighted by atomic mass is 10.3. The van der Waals surface area contributed by atoms with E-state index in [-0.39, 0.29) is 0 Å². The lowest BCUT2D eigenvalue weighted by molar-refractivity contribution is 0.585. The van der Waals surface area contributed by atoms with Crippen LogP contribution in [0, 0.1) is 5.95 Å². The number of rotatable bonds is 3. The van der Waals surface area contributed by atoms with Gasteiger partial charge in [-0.1, -0.05) is 6.07 Å². The third-order valence-electron chi connectivity index (χ3n) is 1.95. The van der Waals surface area contributed by atoms with Crippen LogP contribution in [-0.4, -0.2) is 9.97 Å². The fourth-order valence-corrected chi connectivity index (χ4v) is 1.43. The van der Waals surface area contributed by atoms with Gasteiger partial charge >= 0.3 is 0 Å². The molecule has 0 bridgehead atoms. The SMILES string of the molecule is Fc1cccc(NCc2ccc(Br)cn2)n1. The van der Waals surface area contributed by atoms with E-state index in [4.69, 9.17) is 0 Å². The van der Waals surface area contributed by atoms with Crippen LogP contribution in [0.25, 0.3) is 0 Å². The van der Waals surface area contributed by atoms with Crippen molar-refractivity contribution in [2.45, 2.75) is 6.54 Å². The largest absolute Gasteiger partial charge is 0.364 e. The quantitative estimate of drug-likeness (QED) is 0.879. The van der Waals surface area contributed by atoms with E-state index in [0.29, 0.717) is 12.4 Å². The Kier molecular flexibility index (Phi) is 3.46. The Bertz CT molecular complexity index is 473. The zero-order valence-corrected chi connectivity index (χ0v) is 9.91. The van der Waals surface area contributed by atoms with Gasteiger partial charge < -0.3 is 5.32 Å². The molecule has 2 rings (SSSR count). The van der Waals surface area contributed by atoms with Gasteiger partial charge in [0.05, 0.1) is 12.2 Å². The number of hydrogen-bond donors (Lipinski definition) is 1. The first-order valence-electron chi connectivity index (χ1n) is 4.71. The topological polar surface area (TPSA) is 37.8 Å². The molecule has 0 aliphatic heterocycles. The molecular weight excluding hydrogens is 273 g/mol. The molecule has 0 fully saturated rings. The Morgan fingerprint density at radius 1 is 1.25 bits per heavy atom. The molecule has 0 aliphatic carbocycles. The number of anilines is 1. The van der Waals surface area contributed by atoms with Crippen LogP contribution in [0.2, 0.25) is 0 Å². The third kappa shape index (κ3) is 3.00. The Labute approximate surface area is 101 Å². The first-order valence-corrected chi connectivity index (χ1v) is 5.50. The van der Waals surface area contributed by atoms with Crippen LogP contribution in [0.1, 0.15) is 5.69 Å². The molecule has 0 amide bonds. The van der Waals surface area contributed by atoms with Gasteiger partial charge in [0.1, 0.15) is 5.82 Å². The average Bonchev–Trinajstić information content (AvgIpc) is 2.28. The zero-order chi connectivity index (χ0) is 11.4. The molecule has 0 saturated carbocycles. The molecule has 0 aromatic carbocycles. The van der Waals surface area contributed by atoms with Crippen molar-refractivity contribution in [3.63, 3.8) is 0 Å². The minimum absolute atomic E-state index is 0.492. The molecule has 2 heterocycles. The summed E-state index contributed by atoms with van der Waals surface area (Å²) in [5.74, 6) is 0.0125. The number of aromatic nitrogens is 2. The second kappa shape index (κ2) is 5.03. The summed E-state index contributed by atoms with van der Waals surface area (Å²) in [6.45, 7) is 0.518. The minimum atomic E-state index is -0.492. The maximum Gasteiger partial charge on any atom is 0.214 e. The first-order chi connectivity index (χ1) is 7.74. The molecule has 0 atom stereocenters. The number of pyridine rings is 2. The molecule has 1 N–H and O–H groups in total. The van der Waals surface area contributed by atoms with Crippen molar-refractivity contribution in [1.82, 2.24) is 9.97 Å². The average molecular weight is 282 g/mol. The molecule has 16 heavy (non-hydrogen) atoms. The van der Waals surface area contributed by atoms with Crippen molar-refractivity contribution in [2.24, 2.45) is 0 Å². The Balaban J connectivity index is 1.99. The highest BCUT2D eigenvalue weighted by Gasteiger charge is 1.97. The molecule has 3 nitrogen and oxygen atoms in total. The summed E-state index contributed by atoms with van der Waals surface area (Å²) in [5.41, 5.74) is 0.870. The molecule has 2 aromatic rings. The van der Waals surface area contributed by atoms with E-state index in [1.54, 1.807) is 18.3 Å². The monoisotopic (exact) mass is 281 g/mol. The van der Waals surface area contributed by atoms with E-state index in [1.165, 1.54) is 6.07 Å². The summed E-state index contributed by atoms with van der Waals surface area (Å²) in [6, 6.07) is 8.42. The summed E-state index contributed by atoms with van der Waals surface area (Å²) in [4.78, 5) is 7.88. The zero-order valence-electron chi connectivity index (χ0n) is 8.32. The fourth-order valence-electron chi connectivity index (χ4n) is 1.20. The van der Waals surface area contributed by atoms with Gasteiger partial charge in [0.15, 0.2) is 0 Å². The van der Waals surface area contributed by atoms with Crippen LogP contribution < -0.4 is 5.32 Å². The van der Waals surface area contributed by atoms with Gasteiger partial charge in [-0.25, -0.2) is 4.98 Å². The van der Waals surface area contributed by atoms with Gasteiger partial charge in [-0.05, 0) is 40.2 Å². The van der Waals surface area contributed by atoms with E-state index >= 15 is 0 Å². The molecular formula is C11H9BrFN3. The summed E-state index contributed by atoms with van der Waals surface area (Å²) in [6.07, 6.45) is 1.72. The van der Waals surface area contributed by atoms with E-state index in [2.05, 4.69) is 31.2 Å². The van der Waals surface area contributed by atoms with Gasteiger partial charge in [0.2, 0.25) is 5.95 Å². The minimum Gasteiger partial charge on any atom is -0.364 e. The molecule has 0 spiro atoms. The van der Waals surface area contributed by atoms with Crippen molar-refractivity contribution in [2.75, 3.05) is 5.32 Å². The van der Waals surface area contributed by atoms with E-state index in [9.17, 15) is 4.39 Å². The van der Waals surface area contributed by atoms with Crippen LogP contribution in [0.15, 0.2) is 41.0 Å². The summed E-state index contributed by atoms with van der Waals surface area (Å²) >= 11 is 3.31. The van der Waals surface area contributed by atoms with Crippen molar-refractivity contribution in [1.29, 1.82) is 0 Å². The number of nitrogens with zero attached hydrogens (tertiary/aromatic N) is 2. The first kappa shape index (κ1) is 11.0. The predicted molar refractivity (Wildman–Crippen MR) is 63.5 cm³/mol.